The monoisotopic (exact) mass is 527 g/mol. The average Bonchev–Trinajstić information content (AvgIpc) is 3.17. The van der Waals surface area contributed by atoms with Gasteiger partial charge in [0.15, 0.2) is 5.82 Å². The van der Waals surface area contributed by atoms with Gasteiger partial charge in [-0.25, -0.2) is 13.2 Å². The number of nitrogens with one attached hydrogen (secondary N) is 1. The summed E-state index contributed by atoms with van der Waals surface area (Å²) in [6.45, 7) is 1.32. The van der Waals surface area contributed by atoms with E-state index in [9.17, 15) is 26.4 Å². The molecule has 0 saturated heterocycles. The van der Waals surface area contributed by atoms with Gasteiger partial charge in [0.05, 0.1) is 22.0 Å². The third-order valence-corrected chi connectivity index (χ3v) is 8.08. The van der Waals surface area contributed by atoms with Crippen molar-refractivity contribution >= 4 is 32.0 Å². The fourth-order valence-electron chi connectivity index (χ4n) is 3.49. The minimum absolute atomic E-state index is 0.162. The van der Waals surface area contributed by atoms with Crippen molar-refractivity contribution in [2.75, 3.05) is 11.3 Å². The molecule has 0 fully saturated rings. The summed E-state index contributed by atoms with van der Waals surface area (Å²) < 4.78 is 61.5. The number of hydrogen-bond acceptors (Lipinski definition) is 7. The van der Waals surface area contributed by atoms with E-state index in [0.717, 1.165) is 0 Å². The number of nitrogens with zero attached hydrogens (tertiary/aromatic N) is 2. The van der Waals surface area contributed by atoms with E-state index in [-0.39, 0.29) is 31.6 Å². The molecule has 0 atom stereocenters. The number of sulfonamides is 1. The minimum atomic E-state index is -4.66. The Morgan fingerprint density at radius 3 is 1.83 bits per heavy atom. The molecule has 3 aromatic carbocycles. The van der Waals surface area contributed by atoms with Gasteiger partial charge in [-0.3, -0.25) is 9.52 Å². The smallest absolute Gasteiger partial charge is 0.436 e. The lowest BCUT2D eigenvalue weighted by molar-refractivity contribution is 0.149. The molecule has 1 heterocycles. The van der Waals surface area contributed by atoms with E-state index in [4.69, 9.17) is 4.74 Å². The normalized spacial score (nSPS) is 11.7. The fraction of sp³-hybridized carbons (Fsp3) is 0.0833. The lowest BCUT2D eigenvalue weighted by Gasteiger charge is -2.15. The molecule has 1 N–H and O–H groups in total. The van der Waals surface area contributed by atoms with Crippen LogP contribution >= 0.6 is 0 Å². The number of carbonyl (C=O) groups excluding carboxylic acids is 1. The molecule has 0 spiro atoms. The predicted molar refractivity (Wildman–Crippen MR) is 133 cm³/mol. The molecule has 0 saturated carbocycles. The van der Waals surface area contributed by atoms with Crippen LogP contribution in [0.5, 0.6) is 0 Å². The zero-order valence-electron chi connectivity index (χ0n) is 18.9. The first kappa shape index (κ1) is 24.9. The van der Waals surface area contributed by atoms with Crippen molar-refractivity contribution in [2.24, 2.45) is 0 Å². The van der Waals surface area contributed by atoms with E-state index in [1.807, 2.05) is 0 Å². The van der Waals surface area contributed by atoms with Gasteiger partial charge in [0, 0.05) is 0 Å². The predicted octanol–water partition coefficient (Wildman–Crippen LogP) is 3.36. The number of aromatic nitrogens is 2. The maximum absolute atomic E-state index is 13.7. The van der Waals surface area contributed by atoms with Crippen molar-refractivity contribution in [3.05, 3.63) is 101 Å². The Morgan fingerprint density at radius 1 is 0.806 bits per heavy atom. The number of carbonyl (C=O) groups is 1. The summed E-state index contributed by atoms with van der Waals surface area (Å²) in [5, 5.41) is 0. The Bertz CT molecular complexity index is 1660. The molecule has 36 heavy (non-hydrogen) atoms. The van der Waals surface area contributed by atoms with Crippen LogP contribution in [0.15, 0.2) is 106 Å². The Balaban J connectivity index is 2.09. The number of anilines is 1. The molecule has 0 bridgehead atoms. The van der Waals surface area contributed by atoms with E-state index in [1.54, 1.807) is 30.3 Å². The van der Waals surface area contributed by atoms with Gasteiger partial charge >= 0.3 is 6.09 Å². The molecule has 0 radical (unpaired) electrons. The molecule has 0 unspecified atom stereocenters. The first-order valence-electron chi connectivity index (χ1n) is 10.7. The number of rotatable bonds is 7. The molecule has 4 aromatic rings. The van der Waals surface area contributed by atoms with E-state index in [2.05, 4.69) is 4.72 Å². The highest BCUT2D eigenvalue weighted by Gasteiger charge is 2.35. The van der Waals surface area contributed by atoms with E-state index < -0.39 is 37.5 Å². The van der Waals surface area contributed by atoms with Crippen LogP contribution in [0.4, 0.5) is 10.6 Å². The SMILES string of the molecule is CCOC(=O)n1c(NS(=O)(=O)c2ccccc2)c(-c2ccccc2)c(=O)n1S(=O)(=O)c1ccccc1. The molecule has 0 aliphatic heterocycles. The van der Waals surface area contributed by atoms with Crippen LogP contribution in [-0.4, -0.2) is 38.3 Å². The van der Waals surface area contributed by atoms with Crippen molar-refractivity contribution in [1.29, 1.82) is 0 Å². The number of benzene rings is 3. The summed E-state index contributed by atoms with van der Waals surface area (Å²) >= 11 is 0. The molecule has 1 aromatic heterocycles. The van der Waals surface area contributed by atoms with Gasteiger partial charge in [0.1, 0.15) is 0 Å². The summed E-state index contributed by atoms with van der Waals surface area (Å²) in [6.07, 6.45) is -1.26. The van der Waals surface area contributed by atoms with E-state index >= 15 is 0 Å². The Kier molecular flexibility index (Phi) is 6.82. The topological polar surface area (TPSA) is 134 Å². The van der Waals surface area contributed by atoms with E-state index in [1.165, 1.54) is 67.6 Å². The number of hydrogen-bond donors (Lipinski definition) is 1. The zero-order chi connectivity index (χ0) is 25.9. The molecule has 0 aliphatic rings. The minimum Gasteiger partial charge on any atom is -0.448 e. The quantitative estimate of drug-likeness (QED) is 0.390. The third-order valence-electron chi connectivity index (χ3n) is 5.07. The summed E-state index contributed by atoms with van der Waals surface area (Å²) in [7, 11) is -9.02. The van der Waals surface area contributed by atoms with Crippen LogP contribution < -0.4 is 10.3 Å². The third kappa shape index (κ3) is 4.55. The molecule has 0 aliphatic carbocycles. The summed E-state index contributed by atoms with van der Waals surface area (Å²) in [5.41, 5.74) is -1.29. The fourth-order valence-corrected chi connectivity index (χ4v) is 5.94. The number of ether oxygens (including phenoxy) is 1. The van der Waals surface area contributed by atoms with Crippen LogP contribution in [0.3, 0.4) is 0 Å². The summed E-state index contributed by atoms with van der Waals surface area (Å²) in [4.78, 5) is 26.3. The van der Waals surface area contributed by atoms with Gasteiger partial charge in [0.25, 0.3) is 25.6 Å². The van der Waals surface area contributed by atoms with Gasteiger partial charge in [-0.2, -0.15) is 13.1 Å². The molecule has 186 valence electrons. The van der Waals surface area contributed by atoms with Crippen molar-refractivity contribution in [3.8, 4) is 11.1 Å². The van der Waals surface area contributed by atoms with Gasteiger partial charge < -0.3 is 4.74 Å². The van der Waals surface area contributed by atoms with Gasteiger partial charge in [-0.1, -0.05) is 66.7 Å². The second kappa shape index (κ2) is 9.84. The van der Waals surface area contributed by atoms with Crippen LogP contribution in [0.25, 0.3) is 11.1 Å². The van der Waals surface area contributed by atoms with Crippen LogP contribution in [0.1, 0.15) is 6.92 Å². The molecule has 0 amide bonds. The van der Waals surface area contributed by atoms with Crippen molar-refractivity contribution in [1.82, 2.24) is 8.77 Å². The maximum Gasteiger partial charge on any atom is 0.436 e. The standard InChI is InChI=1S/C24H21N3O7S2/c1-2-34-24(29)26-22(25-35(30,31)19-14-8-4-9-15-19)21(18-12-6-3-7-13-18)23(28)27(26)36(32,33)20-16-10-5-11-17-20/h3-17,25H,2H2,1H3. The Hall–Kier alpha value is -4.16. The lowest BCUT2D eigenvalue weighted by atomic mass is 10.1. The highest BCUT2D eigenvalue weighted by atomic mass is 32.2. The largest absolute Gasteiger partial charge is 0.448 e. The molecule has 4 rings (SSSR count). The Morgan fingerprint density at radius 2 is 1.31 bits per heavy atom. The van der Waals surface area contributed by atoms with Crippen LogP contribution in [-0.2, 0) is 24.8 Å². The van der Waals surface area contributed by atoms with Crippen molar-refractivity contribution in [2.45, 2.75) is 16.7 Å². The Labute approximate surface area is 207 Å². The second-order valence-electron chi connectivity index (χ2n) is 7.39. The highest BCUT2D eigenvalue weighted by Crippen LogP contribution is 2.30. The maximum atomic E-state index is 13.7. The molecular weight excluding hydrogens is 506 g/mol. The van der Waals surface area contributed by atoms with Crippen molar-refractivity contribution in [3.63, 3.8) is 0 Å². The van der Waals surface area contributed by atoms with Gasteiger partial charge in [0.2, 0.25) is 0 Å². The van der Waals surface area contributed by atoms with Gasteiger partial charge in [-0.05, 0) is 36.8 Å². The first-order chi connectivity index (χ1) is 17.2. The van der Waals surface area contributed by atoms with Crippen molar-refractivity contribution < 1.29 is 26.4 Å². The van der Waals surface area contributed by atoms with Gasteiger partial charge in [-0.15, -0.1) is 4.09 Å². The average molecular weight is 528 g/mol. The molecular formula is C24H21N3O7S2. The van der Waals surface area contributed by atoms with E-state index in [0.29, 0.717) is 4.68 Å². The summed E-state index contributed by atoms with van der Waals surface area (Å²) in [5.74, 6) is -0.576. The van der Waals surface area contributed by atoms with Crippen LogP contribution in [0.2, 0.25) is 0 Å². The second-order valence-corrected chi connectivity index (χ2v) is 10.8. The molecule has 10 nitrogen and oxygen atoms in total. The lowest BCUT2D eigenvalue weighted by Crippen LogP contribution is -2.35. The van der Waals surface area contributed by atoms with Crippen LogP contribution in [0, 0.1) is 0 Å². The molecule has 12 heteroatoms. The highest BCUT2D eigenvalue weighted by molar-refractivity contribution is 7.92. The first-order valence-corrected chi connectivity index (χ1v) is 13.6. The zero-order valence-corrected chi connectivity index (χ0v) is 20.6. The summed E-state index contributed by atoms with van der Waals surface area (Å²) in [6, 6.07) is 22.0.